The third kappa shape index (κ3) is 5.48. The van der Waals surface area contributed by atoms with E-state index in [1.165, 1.54) is 19.4 Å². The molecule has 0 aliphatic carbocycles. The number of amides is 1. The van der Waals surface area contributed by atoms with Gasteiger partial charge in [-0.25, -0.2) is 0 Å². The summed E-state index contributed by atoms with van der Waals surface area (Å²) in [6.07, 6.45) is 2.52. The fourth-order valence-electron chi connectivity index (χ4n) is 2.25. The zero-order valence-corrected chi connectivity index (χ0v) is 11.0. The molecule has 0 aromatic carbocycles. The van der Waals surface area contributed by atoms with Gasteiger partial charge in [-0.1, -0.05) is 6.92 Å². The largest absolute Gasteiger partial charge is 0.383 e. The van der Waals surface area contributed by atoms with Gasteiger partial charge in [0.05, 0.1) is 13.2 Å². The molecule has 17 heavy (non-hydrogen) atoms. The molecule has 2 N–H and O–H groups in total. The maximum absolute atomic E-state index is 11.4. The van der Waals surface area contributed by atoms with Crippen molar-refractivity contribution in [1.29, 1.82) is 0 Å². The van der Waals surface area contributed by atoms with Crippen LogP contribution < -0.4 is 10.6 Å². The molecule has 0 aromatic heterocycles. The van der Waals surface area contributed by atoms with Crippen LogP contribution >= 0.6 is 0 Å². The lowest BCUT2D eigenvalue weighted by atomic mass is 10.2. The van der Waals surface area contributed by atoms with Gasteiger partial charge < -0.3 is 15.4 Å². The minimum atomic E-state index is 0.0445. The van der Waals surface area contributed by atoms with Crippen LogP contribution in [0.1, 0.15) is 19.8 Å². The van der Waals surface area contributed by atoms with E-state index < -0.39 is 0 Å². The highest BCUT2D eigenvalue weighted by molar-refractivity contribution is 5.77. The first-order valence-corrected chi connectivity index (χ1v) is 6.48. The summed E-state index contributed by atoms with van der Waals surface area (Å²) in [5, 5.41) is 6.02. The van der Waals surface area contributed by atoms with E-state index >= 15 is 0 Å². The molecule has 100 valence electrons. The molecular weight excluding hydrogens is 218 g/mol. The Hall–Kier alpha value is -0.650. The van der Waals surface area contributed by atoms with E-state index in [1.807, 2.05) is 0 Å². The Morgan fingerprint density at radius 3 is 3.06 bits per heavy atom. The molecule has 0 bridgehead atoms. The molecule has 0 radical (unpaired) electrons. The van der Waals surface area contributed by atoms with Gasteiger partial charge in [0, 0.05) is 26.2 Å². The lowest BCUT2D eigenvalue weighted by Gasteiger charge is -2.22. The lowest BCUT2D eigenvalue weighted by Crippen LogP contribution is -2.42. The summed E-state index contributed by atoms with van der Waals surface area (Å²) in [6, 6.07) is 0.603. The van der Waals surface area contributed by atoms with E-state index in [-0.39, 0.29) is 5.91 Å². The van der Waals surface area contributed by atoms with Crippen LogP contribution in [0.25, 0.3) is 0 Å². The number of likely N-dealkylation sites (N-methyl/N-ethyl adjacent to an activating group) is 1. The van der Waals surface area contributed by atoms with Crippen molar-refractivity contribution in [3.63, 3.8) is 0 Å². The minimum Gasteiger partial charge on any atom is -0.383 e. The first-order chi connectivity index (χ1) is 8.27. The summed E-state index contributed by atoms with van der Waals surface area (Å²) < 4.78 is 4.86. The van der Waals surface area contributed by atoms with Crippen molar-refractivity contribution in [2.75, 3.05) is 46.4 Å². The molecule has 1 saturated heterocycles. The highest BCUT2D eigenvalue weighted by Gasteiger charge is 2.22. The van der Waals surface area contributed by atoms with Gasteiger partial charge in [0.25, 0.3) is 0 Å². The zero-order valence-electron chi connectivity index (χ0n) is 11.0. The van der Waals surface area contributed by atoms with E-state index in [9.17, 15) is 4.79 Å². The van der Waals surface area contributed by atoms with Crippen LogP contribution in [0.4, 0.5) is 0 Å². The standard InChI is InChI=1S/C12H25N3O2/c1-3-15-7-4-5-11(15)9-13-10-12(16)14-6-8-17-2/h11,13H,3-10H2,1-2H3,(H,14,16). The number of hydrogen-bond donors (Lipinski definition) is 2. The Morgan fingerprint density at radius 1 is 1.53 bits per heavy atom. The molecule has 1 aliphatic rings. The molecule has 1 unspecified atom stereocenters. The average molecular weight is 243 g/mol. The van der Waals surface area contributed by atoms with Crippen LogP contribution in [0.3, 0.4) is 0 Å². The van der Waals surface area contributed by atoms with Gasteiger partial charge in [0.2, 0.25) is 5.91 Å². The predicted octanol–water partition coefficient (Wildman–Crippen LogP) is -0.177. The minimum absolute atomic E-state index is 0.0445. The Morgan fingerprint density at radius 2 is 2.35 bits per heavy atom. The van der Waals surface area contributed by atoms with Crippen molar-refractivity contribution in [3.8, 4) is 0 Å². The van der Waals surface area contributed by atoms with Crippen LogP contribution in [0.2, 0.25) is 0 Å². The summed E-state index contributed by atoms with van der Waals surface area (Å²) in [5.41, 5.74) is 0. The van der Waals surface area contributed by atoms with E-state index in [0.29, 0.717) is 25.7 Å². The highest BCUT2D eigenvalue weighted by Crippen LogP contribution is 2.15. The average Bonchev–Trinajstić information content (AvgIpc) is 2.77. The number of nitrogens with one attached hydrogen (secondary N) is 2. The van der Waals surface area contributed by atoms with Crippen molar-refractivity contribution in [2.24, 2.45) is 0 Å². The SMILES string of the molecule is CCN1CCCC1CNCC(=O)NCCOC. The van der Waals surface area contributed by atoms with E-state index in [1.54, 1.807) is 7.11 Å². The summed E-state index contributed by atoms with van der Waals surface area (Å²) >= 11 is 0. The maximum Gasteiger partial charge on any atom is 0.234 e. The van der Waals surface area contributed by atoms with E-state index in [0.717, 1.165) is 13.1 Å². The summed E-state index contributed by atoms with van der Waals surface area (Å²) in [4.78, 5) is 13.9. The van der Waals surface area contributed by atoms with Crippen LogP contribution in [-0.2, 0) is 9.53 Å². The number of hydrogen-bond acceptors (Lipinski definition) is 4. The number of carbonyl (C=O) groups excluding carboxylic acids is 1. The Labute approximate surface area is 104 Å². The summed E-state index contributed by atoms with van der Waals surface area (Å²) in [5.74, 6) is 0.0445. The first kappa shape index (κ1) is 14.4. The van der Waals surface area contributed by atoms with Gasteiger partial charge in [0.1, 0.15) is 0 Å². The fourth-order valence-corrected chi connectivity index (χ4v) is 2.25. The molecule has 0 spiro atoms. The second-order valence-electron chi connectivity index (χ2n) is 4.40. The smallest absolute Gasteiger partial charge is 0.234 e. The molecule has 1 heterocycles. The second kappa shape index (κ2) is 8.44. The molecule has 1 rings (SSSR count). The Balaban J connectivity index is 2.04. The third-order valence-corrected chi connectivity index (χ3v) is 3.20. The van der Waals surface area contributed by atoms with Gasteiger partial charge in [-0.3, -0.25) is 9.69 Å². The van der Waals surface area contributed by atoms with Crippen molar-refractivity contribution in [3.05, 3.63) is 0 Å². The number of methoxy groups -OCH3 is 1. The van der Waals surface area contributed by atoms with Crippen LogP contribution in [-0.4, -0.2) is 63.3 Å². The number of carbonyl (C=O) groups is 1. The number of rotatable bonds is 8. The van der Waals surface area contributed by atoms with Gasteiger partial charge in [-0.05, 0) is 25.9 Å². The third-order valence-electron chi connectivity index (χ3n) is 3.20. The van der Waals surface area contributed by atoms with Gasteiger partial charge in [-0.15, -0.1) is 0 Å². The number of nitrogens with zero attached hydrogens (tertiary/aromatic N) is 1. The molecule has 5 heteroatoms. The number of ether oxygens (including phenoxy) is 1. The molecule has 5 nitrogen and oxygen atoms in total. The van der Waals surface area contributed by atoms with E-state index in [2.05, 4.69) is 22.5 Å². The Bertz CT molecular complexity index is 224. The van der Waals surface area contributed by atoms with Crippen LogP contribution in [0.15, 0.2) is 0 Å². The van der Waals surface area contributed by atoms with Crippen molar-refractivity contribution < 1.29 is 9.53 Å². The number of likely N-dealkylation sites (tertiary alicyclic amines) is 1. The molecule has 0 aromatic rings. The van der Waals surface area contributed by atoms with E-state index in [4.69, 9.17) is 4.74 Å². The predicted molar refractivity (Wildman–Crippen MR) is 68.0 cm³/mol. The monoisotopic (exact) mass is 243 g/mol. The van der Waals surface area contributed by atoms with Gasteiger partial charge in [-0.2, -0.15) is 0 Å². The Kier molecular flexibility index (Phi) is 7.16. The lowest BCUT2D eigenvalue weighted by molar-refractivity contribution is -0.120. The molecular formula is C12H25N3O2. The molecule has 1 amide bonds. The normalized spacial score (nSPS) is 20.7. The molecule has 1 fully saturated rings. The maximum atomic E-state index is 11.4. The fraction of sp³-hybridized carbons (Fsp3) is 0.917. The molecule has 1 aliphatic heterocycles. The van der Waals surface area contributed by atoms with Crippen LogP contribution in [0.5, 0.6) is 0 Å². The molecule has 0 saturated carbocycles. The van der Waals surface area contributed by atoms with Gasteiger partial charge >= 0.3 is 0 Å². The summed E-state index contributed by atoms with van der Waals surface area (Å²) in [6.45, 7) is 6.95. The van der Waals surface area contributed by atoms with Crippen molar-refractivity contribution in [2.45, 2.75) is 25.8 Å². The van der Waals surface area contributed by atoms with Crippen molar-refractivity contribution in [1.82, 2.24) is 15.5 Å². The first-order valence-electron chi connectivity index (χ1n) is 6.48. The molecule has 1 atom stereocenters. The second-order valence-corrected chi connectivity index (χ2v) is 4.40. The van der Waals surface area contributed by atoms with Crippen molar-refractivity contribution >= 4 is 5.91 Å². The quantitative estimate of drug-likeness (QED) is 0.581. The summed E-state index contributed by atoms with van der Waals surface area (Å²) in [7, 11) is 1.63. The van der Waals surface area contributed by atoms with Gasteiger partial charge in [0.15, 0.2) is 0 Å². The highest BCUT2D eigenvalue weighted by atomic mass is 16.5. The zero-order chi connectivity index (χ0) is 12.5. The van der Waals surface area contributed by atoms with Crippen LogP contribution in [0, 0.1) is 0 Å². The topological polar surface area (TPSA) is 53.6 Å².